The zero-order valence-electron chi connectivity index (χ0n) is 9.72. The lowest BCUT2D eigenvalue weighted by Crippen LogP contribution is -2.37. The molecule has 0 aromatic carbocycles. The van der Waals surface area contributed by atoms with Crippen molar-refractivity contribution < 1.29 is 4.79 Å². The van der Waals surface area contributed by atoms with Crippen molar-refractivity contribution >= 4 is 6.03 Å². The van der Waals surface area contributed by atoms with E-state index in [1.165, 1.54) is 25.9 Å². The lowest BCUT2D eigenvalue weighted by molar-refractivity contribution is 0.240. The zero-order valence-corrected chi connectivity index (χ0v) is 9.72. The highest BCUT2D eigenvalue weighted by Gasteiger charge is 2.10. The van der Waals surface area contributed by atoms with Gasteiger partial charge in [-0.15, -0.1) is 0 Å². The molecule has 0 bridgehead atoms. The lowest BCUT2D eigenvalue weighted by Gasteiger charge is -2.14. The molecule has 15 heavy (non-hydrogen) atoms. The monoisotopic (exact) mass is 213 g/mol. The molecular formula is C11H23N3O. The third kappa shape index (κ3) is 5.62. The first-order valence-corrected chi connectivity index (χ1v) is 6.07. The summed E-state index contributed by atoms with van der Waals surface area (Å²) in [6.07, 6.45) is 4.72. The van der Waals surface area contributed by atoms with E-state index in [0.717, 1.165) is 32.5 Å². The van der Waals surface area contributed by atoms with Crippen LogP contribution < -0.4 is 10.6 Å². The summed E-state index contributed by atoms with van der Waals surface area (Å²) in [5.41, 5.74) is 0. The van der Waals surface area contributed by atoms with Crippen LogP contribution in [0, 0.1) is 0 Å². The summed E-state index contributed by atoms with van der Waals surface area (Å²) in [5, 5.41) is 5.66. The molecule has 1 aliphatic rings. The Morgan fingerprint density at radius 2 is 1.87 bits per heavy atom. The molecule has 0 radical (unpaired) electrons. The van der Waals surface area contributed by atoms with E-state index in [1.54, 1.807) is 0 Å². The van der Waals surface area contributed by atoms with Crippen molar-refractivity contribution in [1.29, 1.82) is 0 Å². The third-order valence-corrected chi connectivity index (χ3v) is 2.67. The van der Waals surface area contributed by atoms with E-state index in [1.807, 2.05) is 6.92 Å². The fourth-order valence-electron chi connectivity index (χ4n) is 1.81. The molecule has 2 N–H and O–H groups in total. The van der Waals surface area contributed by atoms with Crippen molar-refractivity contribution in [3.8, 4) is 0 Å². The zero-order chi connectivity index (χ0) is 10.9. The Kier molecular flexibility index (Phi) is 6.16. The first kappa shape index (κ1) is 12.3. The van der Waals surface area contributed by atoms with Crippen LogP contribution in [0.15, 0.2) is 0 Å². The number of rotatable bonds is 6. The lowest BCUT2D eigenvalue weighted by atomic mass is 10.4. The van der Waals surface area contributed by atoms with E-state index in [4.69, 9.17) is 0 Å². The Morgan fingerprint density at radius 3 is 2.53 bits per heavy atom. The van der Waals surface area contributed by atoms with Crippen LogP contribution in [0.5, 0.6) is 0 Å². The minimum Gasteiger partial charge on any atom is -0.338 e. The Hall–Kier alpha value is -0.770. The number of urea groups is 1. The van der Waals surface area contributed by atoms with Gasteiger partial charge in [-0.25, -0.2) is 4.79 Å². The van der Waals surface area contributed by atoms with Gasteiger partial charge in [-0.1, -0.05) is 6.92 Å². The first-order chi connectivity index (χ1) is 7.33. The highest BCUT2D eigenvalue weighted by molar-refractivity contribution is 5.73. The van der Waals surface area contributed by atoms with Gasteiger partial charge in [0, 0.05) is 13.1 Å². The Balaban J connectivity index is 1.89. The summed E-state index contributed by atoms with van der Waals surface area (Å²) >= 11 is 0. The second-order valence-corrected chi connectivity index (χ2v) is 4.08. The maximum absolute atomic E-state index is 11.2. The van der Waals surface area contributed by atoms with Gasteiger partial charge in [-0.05, 0) is 45.3 Å². The number of carbonyl (C=O) groups is 1. The van der Waals surface area contributed by atoms with Gasteiger partial charge in [0.2, 0.25) is 0 Å². The van der Waals surface area contributed by atoms with E-state index in [-0.39, 0.29) is 6.03 Å². The Morgan fingerprint density at radius 1 is 1.20 bits per heavy atom. The second-order valence-electron chi connectivity index (χ2n) is 4.08. The van der Waals surface area contributed by atoms with Crippen LogP contribution in [0.4, 0.5) is 4.79 Å². The van der Waals surface area contributed by atoms with Crippen LogP contribution in [0.2, 0.25) is 0 Å². The van der Waals surface area contributed by atoms with E-state index in [9.17, 15) is 4.79 Å². The number of hydrogen-bond acceptors (Lipinski definition) is 2. The van der Waals surface area contributed by atoms with Gasteiger partial charge in [0.1, 0.15) is 0 Å². The summed E-state index contributed by atoms with van der Waals surface area (Å²) in [4.78, 5) is 13.6. The van der Waals surface area contributed by atoms with E-state index >= 15 is 0 Å². The van der Waals surface area contributed by atoms with Crippen molar-refractivity contribution in [2.24, 2.45) is 0 Å². The van der Waals surface area contributed by atoms with Crippen LogP contribution in [-0.2, 0) is 0 Å². The summed E-state index contributed by atoms with van der Waals surface area (Å²) in [7, 11) is 0. The molecule has 0 aromatic heterocycles. The molecule has 4 nitrogen and oxygen atoms in total. The van der Waals surface area contributed by atoms with Gasteiger partial charge in [0.25, 0.3) is 0 Å². The molecule has 0 saturated carbocycles. The molecule has 1 saturated heterocycles. The SMILES string of the molecule is CCCNC(=O)NCCCN1CCCC1. The predicted octanol–water partition coefficient (Wildman–Crippen LogP) is 1.18. The molecule has 88 valence electrons. The molecule has 4 heteroatoms. The molecule has 0 spiro atoms. The molecule has 0 atom stereocenters. The predicted molar refractivity (Wildman–Crippen MR) is 62.0 cm³/mol. The quantitative estimate of drug-likeness (QED) is 0.651. The maximum atomic E-state index is 11.2. The average Bonchev–Trinajstić information content (AvgIpc) is 2.74. The number of likely N-dealkylation sites (tertiary alicyclic amines) is 1. The molecule has 0 aromatic rings. The van der Waals surface area contributed by atoms with Gasteiger partial charge in [0.05, 0.1) is 0 Å². The number of nitrogens with zero attached hydrogens (tertiary/aromatic N) is 1. The fraction of sp³-hybridized carbons (Fsp3) is 0.909. The van der Waals surface area contributed by atoms with Crippen LogP contribution in [-0.4, -0.2) is 43.7 Å². The molecule has 2 amide bonds. The fourth-order valence-corrected chi connectivity index (χ4v) is 1.81. The summed E-state index contributed by atoms with van der Waals surface area (Å²) in [6.45, 7) is 7.19. The maximum Gasteiger partial charge on any atom is 0.314 e. The number of amides is 2. The largest absolute Gasteiger partial charge is 0.338 e. The van der Waals surface area contributed by atoms with Crippen molar-refractivity contribution in [3.63, 3.8) is 0 Å². The molecule has 1 rings (SSSR count). The summed E-state index contributed by atoms with van der Waals surface area (Å²) in [6, 6.07) is -0.0294. The van der Waals surface area contributed by atoms with Crippen LogP contribution in [0.3, 0.4) is 0 Å². The Labute approximate surface area is 92.4 Å². The molecule has 0 unspecified atom stereocenters. The van der Waals surface area contributed by atoms with Crippen LogP contribution in [0.25, 0.3) is 0 Å². The topological polar surface area (TPSA) is 44.4 Å². The highest BCUT2D eigenvalue weighted by Crippen LogP contribution is 2.06. The van der Waals surface area contributed by atoms with Gasteiger partial charge in [-0.2, -0.15) is 0 Å². The van der Waals surface area contributed by atoms with Crippen molar-refractivity contribution in [3.05, 3.63) is 0 Å². The smallest absolute Gasteiger partial charge is 0.314 e. The molecular weight excluding hydrogens is 190 g/mol. The highest BCUT2D eigenvalue weighted by atomic mass is 16.2. The minimum atomic E-state index is -0.0294. The van der Waals surface area contributed by atoms with Crippen LogP contribution >= 0.6 is 0 Å². The van der Waals surface area contributed by atoms with Crippen molar-refractivity contribution in [1.82, 2.24) is 15.5 Å². The van der Waals surface area contributed by atoms with E-state index < -0.39 is 0 Å². The van der Waals surface area contributed by atoms with Crippen LogP contribution in [0.1, 0.15) is 32.6 Å². The molecule has 1 heterocycles. The van der Waals surface area contributed by atoms with Gasteiger partial charge in [0.15, 0.2) is 0 Å². The number of nitrogens with one attached hydrogen (secondary N) is 2. The summed E-state index contributed by atoms with van der Waals surface area (Å²) in [5.74, 6) is 0. The molecule has 1 fully saturated rings. The van der Waals surface area contributed by atoms with Gasteiger partial charge < -0.3 is 15.5 Å². The van der Waals surface area contributed by atoms with Crippen molar-refractivity contribution in [2.45, 2.75) is 32.6 Å². The van der Waals surface area contributed by atoms with Gasteiger partial charge in [-0.3, -0.25) is 0 Å². The average molecular weight is 213 g/mol. The second kappa shape index (κ2) is 7.51. The normalized spacial score (nSPS) is 16.6. The molecule has 1 aliphatic heterocycles. The van der Waals surface area contributed by atoms with E-state index in [2.05, 4.69) is 15.5 Å². The number of hydrogen-bond donors (Lipinski definition) is 2. The standard InChI is InChI=1S/C11H23N3O/c1-2-6-12-11(15)13-7-5-10-14-8-3-4-9-14/h2-10H2,1H3,(H2,12,13,15). The number of carbonyl (C=O) groups excluding carboxylic acids is 1. The van der Waals surface area contributed by atoms with Crippen molar-refractivity contribution in [2.75, 3.05) is 32.7 Å². The first-order valence-electron chi connectivity index (χ1n) is 6.07. The van der Waals surface area contributed by atoms with E-state index in [0.29, 0.717) is 0 Å². The van der Waals surface area contributed by atoms with Gasteiger partial charge >= 0.3 is 6.03 Å². The Bertz CT molecular complexity index is 179. The summed E-state index contributed by atoms with van der Waals surface area (Å²) < 4.78 is 0. The molecule has 0 aliphatic carbocycles. The minimum absolute atomic E-state index is 0.0294. The third-order valence-electron chi connectivity index (χ3n) is 2.67.